The van der Waals surface area contributed by atoms with Gasteiger partial charge in [0, 0.05) is 9.58 Å². The van der Waals surface area contributed by atoms with Crippen LogP contribution in [-0.2, 0) is 6.42 Å². The molecule has 0 saturated heterocycles. The van der Waals surface area contributed by atoms with Crippen molar-refractivity contribution >= 4 is 21.4 Å². The van der Waals surface area contributed by atoms with Gasteiger partial charge in [-0.3, -0.25) is 5.84 Å². The molecule has 4 heteroatoms. The average molecular weight is 300 g/mol. The zero-order chi connectivity index (χ0) is 14.8. The van der Waals surface area contributed by atoms with E-state index in [2.05, 4.69) is 36.6 Å². The molecule has 2 nitrogen and oxygen atoms in total. The first-order valence-corrected chi connectivity index (χ1v) is 7.77. The fourth-order valence-corrected chi connectivity index (χ4v) is 3.68. The third-order valence-electron chi connectivity index (χ3n) is 3.64. The Morgan fingerprint density at radius 2 is 2.05 bits per heavy atom. The summed E-state index contributed by atoms with van der Waals surface area (Å²) in [6.45, 7) is 2.13. The molecule has 2 aromatic carbocycles. The summed E-state index contributed by atoms with van der Waals surface area (Å²) in [7, 11) is 0. The van der Waals surface area contributed by atoms with Crippen LogP contribution in [0.1, 0.15) is 29.0 Å². The van der Waals surface area contributed by atoms with E-state index < -0.39 is 0 Å². The highest BCUT2D eigenvalue weighted by molar-refractivity contribution is 7.19. The molecule has 0 radical (unpaired) electrons. The molecule has 1 atom stereocenters. The molecule has 21 heavy (non-hydrogen) atoms. The quantitative estimate of drug-likeness (QED) is 0.561. The summed E-state index contributed by atoms with van der Waals surface area (Å²) in [5.41, 5.74) is 5.28. The molecule has 0 saturated carbocycles. The number of hydrogen-bond acceptors (Lipinski definition) is 3. The first-order chi connectivity index (χ1) is 10.2. The average Bonchev–Trinajstić information content (AvgIpc) is 2.91. The predicted molar refractivity (Wildman–Crippen MR) is 86.8 cm³/mol. The monoisotopic (exact) mass is 300 g/mol. The number of nitrogens with one attached hydrogen (secondary N) is 1. The van der Waals surface area contributed by atoms with Crippen molar-refractivity contribution < 1.29 is 4.39 Å². The molecular formula is C17H17FN2S. The van der Waals surface area contributed by atoms with Gasteiger partial charge in [0.2, 0.25) is 0 Å². The molecule has 0 spiro atoms. The highest BCUT2D eigenvalue weighted by Crippen LogP contribution is 2.33. The number of rotatable bonds is 4. The summed E-state index contributed by atoms with van der Waals surface area (Å²) in [6, 6.07) is 15.2. The van der Waals surface area contributed by atoms with Crippen LogP contribution in [0.4, 0.5) is 4.39 Å². The Bertz CT molecular complexity index is 766. The van der Waals surface area contributed by atoms with Crippen molar-refractivity contribution in [3.05, 3.63) is 70.4 Å². The summed E-state index contributed by atoms with van der Waals surface area (Å²) in [5, 5.41) is 1.04. The third-order valence-corrected chi connectivity index (χ3v) is 4.81. The second kappa shape index (κ2) is 5.93. The Balaban J connectivity index is 2.04. The van der Waals surface area contributed by atoms with Crippen LogP contribution in [0.5, 0.6) is 0 Å². The van der Waals surface area contributed by atoms with Gasteiger partial charge in [0.15, 0.2) is 0 Å². The lowest BCUT2D eigenvalue weighted by Crippen LogP contribution is -2.28. The second-order valence-electron chi connectivity index (χ2n) is 5.03. The van der Waals surface area contributed by atoms with Gasteiger partial charge in [-0.1, -0.05) is 37.3 Å². The van der Waals surface area contributed by atoms with Gasteiger partial charge in [-0.2, -0.15) is 0 Å². The van der Waals surface area contributed by atoms with Gasteiger partial charge in [0.05, 0.1) is 6.04 Å². The molecule has 0 aliphatic rings. The Kier molecular flexibility index (Phi) is 4.01. The maximum atomic E-state index is 13.3. The van der Waals surface area contributed by atoms with E-state index in [-0.39, 0.29) is 11.9 Å². The summed E-state index contributed by atoms with van der Waals surface area (Å²) >= 11 is 1.57. The van der Waals surface area contributed by atoms with Crippen molar-refractivity contribution in [1.29, 1.82) is 0 Å². The van der Waals surface area contributed by atoms with Crippen LogP contribution < -0.4 is 11.3 Å². The van der Waals surface area contributed by atoms with E-state index in [1.807, 2.05) is 6.07 Å². The summed E-state index contributed by atoms with van der Waals surface area (Å²) in [4.78, 5) is 1.09. The van der Waals surface area contributed by atoms with Gasteiger partial charge < -0.3 is 0 Å². The van der Waals surface area contributed by atoms with Gasteiger partial charge in [0.25, 0.3) is 0 Å². The maximum absolute atomic E-state index is 13.3. The predicted octanol–water partition coefficient (Wildman–Crippen LogP) is 4.16. The van der Waals surface area contributed by atoms with E-state index in [4.69, 9.17) is 5.84 Å². The lowest BCUT2D eigenvalue weighted by atomic mass is 10.0. The molecule has 108 valence electrons. The van der Waals surface area contributed by atoms with Crippen molar-refractivity contribution in [3.63, 3.8) is 0 Å². The largest absolute Gasteiger partial charge is 0.271 e. The van der Waals surface area contributed by atoms with Crippen LogP contribution in [0.2, 0.25) is 0 Å². The molecule has 1 unspecified atom stereocenters. The highest BCUT2D eigenvalue weighted by atomic mass is 32.1. The maximum Gasteiger partial charge on any atom is 0.124 e. The van der Waals surface area contributed by atoms with Gasteiger partial charge >= 0.3 is 0 Å². The number of nitrogens with two attached hydrogens (primary N) is 1. The molecule has 0 aliphatic carbocycles. The number of halogens is 1. The smallest absolute Gasteiger partial charge is 0.124 e. The van der Waals surface area contributed by atoms with E-state index in [9.17, 15) is 4.39 Å². The van der Waals surface area contributed by atoms with Crippen molar-refractivity contribution in [2.24, 2.45) is 5.84 Å². The standard InChI is InChI=1S/C17H17FN2S/c1-2-11-4-3-5-13(8-11)17(20-19)16-9-12-6-7-14(18)10-15(12)21-16/h3-10,17,20H,2,19H2,1H3. The Hall–Kier alpha value is -1.75. The normalized spacial score (nSPS) is 12.7. The minimum Gasteiger partial charge on any atom is -0.271 e. The number of fused-ring (bicyclic) bond motifs is 1. The number of hydrogen-bond donors (Lipinski definition) is 2. The molecule has 3 aromatic rings. The number of hydrazine groups is 1. The molecule has 3 N–H and O–H groups in total. The minimum absolute atomic E-state index is 0.0723. The van der Waals surface area contributed by atoms with E-state index in [1.165, 1.54) is 11.6 Å². The Morgan fingerprint density at radius 3 is 2.81 bits per heavy atom. The van der Waals surface area contributed by atoms with Crippen LogP contribution in [0, 0.1) is 5.82 Å². The number of aryl methyl sites for hydroxylation is 1. The molecule has 0 amide bonds. The van der Waals surface area contributed by atoms with Gasteiger partial charge in [-0.25, -0.2) is 9.82 Å². The van der Waals surface area contributed by atoms with E-state index >= 15 is 0 Å². The summed E-state index contributed by atoms with van der Waals surface area (Å²) in [5.74, 6) is 5.56. The molecule has 3 rings (SSSR count). The SMILES string of the molecule is CCc1cccc(C(NN)c2cc3ccc(F)cc3s2)c1. The van der Waals surface area contributed by atoms with E-state index in [0.717, 1.165) is 26.9 Å². The van der Waals surface area contributed by atoms with E-state index in [1.54, 1.807) is 23.5 Å². The highest BCUT2D eigenvalue weighted by Gasteiger charge is 2.16. The molecular weight excluding hydrogens is 283 g/mol. The lowest BCUT2D eigenvalue weighted by molar-refractivity contribution is 0.630. The minimum atomic E-state index is -0.207. The van der Waals surface area contributed by atoms with Crippen molar-refractivity contribution in [3.8, 4) is 0 Å². The molecule has 1 heterocycles. The topological polar surface area (TPSA) is 38.0 Å². The summed E-state index contributed by atoms with van der Waals surface area (Å²) in [6.07, 6.45) is 0.989. The Labute approximate surface area is 127 Å². The second-order valence-corrected chi connectivity index (χ2v) is 6.14. The first kappa shape index (κ1) is 14.2. The lowest BCUT2D eigenvalue weighted by Gasteiger charge is -2.15. The molecule has 0 aliphatic heterocycles. The third kappa shape index (κ3) is 2.83. The van der Waals surface area contributed by atoms with Crippen LogP contribution >= 0.6 is 11.3 Å². The van der Waals surface area contributed by atoms with Gasteiger partial charge in [0.1, 0.15) is 5.82 Å². The zero-order valence-corrected chi connectivity index (χ0v) is 12.6. The zero-order valence-electron chi connectivity index (χ0n) is 11.8. The van der Waals surface area contributed by atoms with Gasteiger partial charge in [-0.15, -0.1) is 11.3 Å². The number of thiophene rings is 1. The first-order valence-electron chi connectivity index (χ1n) is 6.95. The van der Waals surface area contributed by atoms with Crippen LogP contribution in [-0.4, -0.2) is 0 Å². The van der Waals surface area contributed by atoms with Gasteiger partial charge in [-0.05, 0) is 41.1 Å². The summed E-state index contributed by atoms with van der Waals surface area (Å²) < 4.78 is 14.3. The van der Waals surface area contributed by atoms with Crippen LogP contribution in [0.15, 0.2) is 48.5 Å². The Morgan fingerprint density at radius 1 is 1.19 bits per heavy atom. The molecule has 1 aromatic heterocycles. The van der Waals surface area contributed by atoms with Crippen LogP contribution in [0.25, 0.3) is 10.1 Å². The van der Waals surface area contributed by atoms with Crippen molar-refractivity contribution in [2.45, 2.75) is 19.4 Å². The van der Waals surface area contributed by atoms with Crippen molar-refractivity contribution in [2.75, 3.05) is 0 Å². The number of benzene rings is 2. The molecule has 0 bridgehead atoms. The fraction of sp³-hybridized carbons (Fsp3) is 0.176. The van der Waals surface area contributed by atoms with Crippen LogP contribution in [0.3, 0.4) is 0 Å². The van der Waals surface area contributed by atoms with E-state index in [0.29, 0.717) is 0 Å². The fourth-order valence-electron chi connectivity index (χ4n) is 2.50. The van der Waals surface area contributed by atoms with Crippen molar-refractivity contribution in [1.82, 2.24) is 5.43 Å². The molecule has 0 fully saturated rings.